The molecule has 1 aromatic carbocycles. The summed E-state index contributed by atoms with van der Waals surface area (Å²) in [5.41, 5.74) is 0. The quantitative estimate of drug-likeness (QED) is 0.837. The van der Waals surface area contributed by atoms with Crippen molar-refractivity contribution in [3.63, 3.8) is 0 Å². The smallest absolute Gasteiger partial charge is 0.181 e. The zero-order valence-electron chi connectivity index (χ0n) is 11.9. The molecule has 1 saturated heterocycles. The van der Waals surface area contributed by atoms with E-state index in [9.17, 15) is 8.42 Å². The summed E-state index contributed by atoms with van der Waals surface area (Å²) in [5, 5.41) is -0.130. The second kappa shape index (κ2) is 5.86. The molecule has 1 aromatic rings. The average molecular weight is 293 g/mol. The number of rotatable bonds is 5. The van der Waals surface area contributed by atoms with Crippen LogP contribution in [0.5, 0.6) is 0 Å². The minimum absolute atomic E-state index is 0.130. The maximum absolute atomic E-state index is 12.4. The largest absolute Gasteiger partial charge is 0.303 e. The number of piperidine rings is 1. The standard InChI is InChI=1S/C16H23NO2S/c18-20(19,15-7-3-1-4-8-15)16-13-14(16)9-12-17-10-5-2-6-11-17/h1,3-4,7-8,14,16H,2,5-6,9-13H2/t14-,16-/m1/s1. The van der Waals surface area contributed by atoms with Gasteiger partial charge in [0.25, 0.3) is 0 Å². The van der Waals surface area contributed by atoms with E-state index in [2.05, 4.69) is 4.90 Å². The molecule has 2 fully saturated rings. The lowest BCUT2D eigenvalue weighted by Crippen LogP contribution is -2.31. The molecule has 3 rings (SSSR count). The first-order chi connectivity index (χ1) is 9.68. The van der Waals surface area contributed by atoms with Crippen LogP contribution in [0.3, 0.4) is 0 Å². The molecule has 20 heavy (non-hydrogen) atoms. The molecule has 0 bridgehead atoms. The zero-order chi connectivity index (χ0) is 14.0. The van der Waals surface area contributed by atoms with E-state index in [0.29, 0.717) is 10.8 Å². The molecule has 2 aliphatic rings. The van der Waals surface area contributed by atoms with E-state index in [-0.39, 0.29) is 5.25 Å². The predicted molar refractivity (Wildman–Crippen MR) is 80.4 cm³/mol. The second-order valence-electron chi connectivity index (χ2n) is 6.08. The third-order valence-corrected chi connectivity index (χ3v) is 6.90. The van der Waals surface area contributed by atoms with E-state index in [4.69, 9.17) is 0 Å². The Balaban J connectivity index is 1.53. The summed E-state index contributed by atoms with van der Waals surface area (Å²) in [6.45, 7) is 3.47. The number of hydrogen-bond donors (Lipinski definition) is 0. The van der Waals surface area contributed by atoms with Crippen LogP contribution in [0, 0.1) is 5.92 Å². The summed E-state index contributed by atoms with van der Waals surface area (Å²) < 4.78 is 24.9. The third-order valence-electron chi connectivity index (χ3n) is 4.59. The summed E-state index contributed by atoms with van der Waals surface area (Å²) in [6.07, 6.45) is 5.85. The van der Waals surface area contributed by atoms with Gasteiger partial charge in [-0.1, -0.05) is 24.6 Å². The van der Waals surface area contributed by atoms with Gasteiger partial charge in [0, 0.05) is 0 Å². The van der Waals surface area contributed by atoms with E-state index in [0.717, 1.165) is 19.4 Å². The molecule has 1 heterocycles. The molecule has 0 aromatic heterocycles. The van der Waals surface area contributed by atoms with Crippen molar-refractivity contribution >= 4 is 9.84 Å². The van der Waals surface area contributed by atoms with E-state index in [1.165, 1.54) is 32.4 Å². The van der Waals surface area contributed by atoms with Gasteiger partial charge in [-0.3, -0.25) is 0 Å². The monoisotopic (exact) mass is 293 g/mol. The van der Waals surface area contributed by atoms with Gasteiger partial charge in [0.1, 0.15) is 0 Å². The van der Waals surface area contributed by atoms with Crippen LogP contribution in [0.25, 0.3) is 0 Å². The van der Waals surface area contributed by atoms with Gasteiger partial charge < -0.3 is 4.90 Å². The predicted octanol–water partition coefficient (Wildman–Crippen LogP) is 2.72. The van der Waals surface area contributed by atoms with E-state index >= 15 is 0 Å². The molecule has 3 nitrogen and oxygen atoms in total. The Morgan fingerprint density at radius 3 is 2.45 bits per heavy atom. The van der Waals surface area contributed by atoms with Gasteiger partial charge in [0.15, 0.2) is 9.84 Å². The summed E-state index contributed by atoms with van der Waals surface area (Å²) in [6, 6.07) is 8.90. The first-order valence-corrected chi connectivity index (χ1v) is 9.24. The van der Waals surface area contributed by atoms with Crippen molar-refractivity contribution in [2.75, 3.05) is 19.6 Å². The molecule has 1 saturated carbocycles. The fourth-order valence-corrected chi connectivity index (χ4v) is 5.25. The maximum Gasteiger partial charge on any atom is 0.181 e. The summed E-state index contributed by atoms with van der Waals surface area (Å²) >= 11 is 0. The fourth-order valence-electron chi connectivity index (χ4n) is 3.22. The van der Waals surface area contributed by atoms with Crippen LogP contribution < -0.4 is 0 Å². The van der Waals surface area contributed by atoms with Crippen molar-refractivity contribution in [1.29, 1.82) is 0 Å². The third kappa shape index (κ3) is 3.07. The molecule has 0 unspecified atom stereocenters. The van der Waals surface area contributed by atoms with Gasteiger partial charge in [-0.25, -0.2) is 8.42 Å². The topological polar surface area (TPSA) is 37.4 Å². The highest BCUT2D eigenvalue weighted by Gasteiger charge is 2.47. The Bertz CT molecular complexity index is 535. The lowest BCUT2D eigenvalue weighted by Gasteiger charge is -2.26. The number of sulfone groups is 1. The average Bonchev–Trinajstić information content (AvgIpc) is 3.28. The Morgan fingerprint density at radius 1 is 1.05 bits per heavy atom. The SMILES string of the molecule is O=S(=O)(c1ccccc1)[C@@H]1C[C@H]1CCN1CCCCC1. The molecular weight excluding hydrogens is 270 g/mol. The van der Waals surface area contributed by atoms with Crippen molar-refractivity contribution in [1.82, 2.24) is 4.90 Å². The lowest BCUT2D eigenvalue weighted by atomic mass is 10.1. The first kappa shape index (κ1) is 14.1. The van der Waals surface area contributed by atoms with Crippen LogP contribution >= 0.6 is 0 Å². The number of likely N-dealkylation sites (tertiary alicyclic amines) is 1. The van der Waals surface area contributed by atoms with Gasteiger partial charge in [-0.05, 0) is 63.4 Å². The van der Waals surface area contributed by atoms with E-state index < -0.39 is 9.84 Å². The van der Waals surface area contributed by atoms with Crippen molar-refractivity contribution < 1.29 is 8.42 Å². The number of hydrogen-bond acceptors (Lipinski definition) is 3. The normalized spacial score (nSPS) is 27.4. The molecule has 4 heteroatoms. The Labute approximate surface area is 121 Å². The lowest BCUT2D eigenvalue weighted by molar-refractivity contribution is 0.223. The molecular formula is C16H23NO2S. The molecule has 1 aliphatic heterocycles. The van der Waals surface area contributed by atoms with Gasteiger partial charge >= 0.3 is 0 Å². The Morgan fingerprint density at radius 2 is 1.75 bits per heavy atom. The second-order valence-corrected chi connectivity index (χ2v) is 8.25. The van der Waals surface area contributed by atoms with Gasteiger partial charge in [0.2, 0.25) is 0 Å². The first-order valence-electron chi connectivity index (χ1n) is 7.69. The molecule has 110 valence electrons. The van der Waals surface area contributed by atoms with Crippen LogP contribution in [0.4, 0.5) is 0 Å². The highest BCUT2D eigenvalue weighted by atomic mass is 32.2. The Hall–Kier alpha value is -0.870. The molecule has 0 radical (unpaired) electrons. The van der Waals surface area contributed by atoms with Crippen LogP contribution in [0.2, 0.25) is 0 Å². The maximum atomic E-state index is 12.4. The molecule has 0 spiro atoms. The molecule has 1 aliphatic carbocycles. The minimum Gasteiger partial charge on any atom is -0.303 e. The summed E-state index contributed by atoms with van der Waals surface area (Å²) in [5.74, 6) is 0.377. The minimum atomic E-state index is -3.09. The van der Waals surface area contributed by atoms with E-state index in [1.54, 1.807) is 24.3 Å². The van der Waals surface area contributed by atoms with Crippen LogP contribution in [0.15, 0.2) is 35.2 Å². The fraction of sp³-hybridized carbons (Fsp3) is 0.625. The van der Waals surface area contributed by atoms with Crippen molar-refractivity contribution in [2.45, 2.75) is 42.2 Å². The zero-order valence-corrected chi connectivity index (χ0v) is 12.7. The van der Waals surface area contributed by atoms with Gasteiger partial charge in [0.05, 0.1) is 10.1 Å². The van der Waals surface area contributed by atoms with Crippen LogP contribution in [-0.2, 0) is 9.84 Å². The van der Waals surface area contributed by atoms with Crippen LogP contribution in [-0.4, -0.2) is 38.2 Å². The summed E-state index contributed by atoms with van der Waals surface area (Å²) in [4.78, 5) is 2.99. The van der Waals surface area contributed by atoms with Crippen molar-refractivity contribution in [3.8, 4) is 0 Å². The van der Waals surface area contributed by atoms with Gasteiger partial charge in [-0.15, -0.1) is 0 Å². The highest BCUT2D eigenvalue weighted by molar-refractivity contribution is 7.92. The van der Waals surface area contributed by atoms with Crippen LogP contribution in [0.1, 0.15) is 32.1 Å². The Kier molecular flexibility index (Phi) is 4.13. The molecule has 0 amide bonds. The van der Waals surface area contributed by atoms with Crippen molar-refractivity contribution in [3.05, 3.63) is 30.3 Å². The molecule has 2 atom stereocenters. The molecule has 0 N–H and O–H groups in total. The number of benzene rings is 1. The highest BCUT2D eigenvalue weighted by Crippen LogP contribution is 2.42. The van der Waals surface area contributed by atoms with Gasteiger partial charge in [-0.2, -0.15) is 0 Å². The summed E-state index contributed by atoms with van der Waals surface area (Å²) in [7, 11) is -3.09. The van der Waals surface area contributed by atoms with Crippen molar-refractivity contribution in [2.24, 2.45) is 5.92 Å². The van der Waals surface area contributed by atoms with E-state index in [1.807, 2.05) is 6.07 Å². The number of nitrogens with zero attached hydrogens (tertiary/aromatic N) is 1.